The van der Waals surface area contributed by atoms with Crippen molar-refractivity contribution in [3.05, 3.63) is 59.7 Å². The summed E-state index contributed by atoms with van der Waals surface area (Å²) in [4.78, 5) is 25.6. The van der Waals surface area contributed by atoms with Gasteiger partial charge in [-0.2, -0.15) is 0 Å². The molecule has 1 fully saturated rings. The van der Waals surface area contributed by atoms with Crippen LogP contribution in [0.5, 0.6) is 0 Å². The fourth-order valence-corrected chi connectivity index (χ4v) is 2.58. The molecule has 1 aliphatic rings. The zero-order valence-corrected chi connectivity index (χ0v) is 13.0. The number of carbonyl (C=O) groups excluding carboxylic acids is 2. The van der Waals surface area contributed by atoms with Crippen LogP contribution in [0.1, 0.15) is 22.8 Å². The van der Waals surface area contributed by atoms with Crippen LogP contribution in [0, 0.1) is 0 Å². The number of aryl methyl sites for hydroxylation is 1. The summed E-state index contributed by atoms with van der Waals surface area (Å²) in [6.07, 6.45) is 0.927. The largest absolute Gasteiger partial charge is 0.336 e. The molecule has 2 N–H and O–H groups in total. The number of hydrogen-bond donors (Lipinski definition) is 2. The second-order valence-corrected chi connectivity index (χ2v) is 5.44. The third-order valence-corrected chi connectivity index (χ3v) is 3.89. The van der Waals surface area contributed by atoms with Crippen molar-refractivity contribution in [2.75, 3.05) is 23.3 Å². The molecule has 0 bridgehead atoms. The van der Waals surface area contributed by atoms with Crippen LogP contribution in [0.3, 0.4) is 0 Å². The summed E-state index contributed by atoms with van der Waals surface area (Å²) in [5.74, 6) is -0.157. The molecular formula is C18H19N3O2. The minimum absolute atomic E-state index is 0.0985. The Labute approximate surface area is 135 Å². The second-order valence-electron chi connectivity index (χ2n) is 5.44. The molecule has 1 aliphatic heterocycles. The highest BCUT2D eigenvalue weighted by molar-refractivity contribution is 6.04. The molecule has 118 valence electrons. The fraction of sp³-hybridized carbons (Fsp3) is 0.222. The molecule has 2 aromatic rings. The van der Waals surface area contributed by atoms with Crippen molar-refractivity contribution >= 4 is 23.3 Å². The van der Waals surface area contributed by atoms with Gasteiger partial charge in [0.25, 0.3) is 5.91 Å². The van der Waals surface area contributed by atoms with E-state index in [9.17, 15) is 9.59 Å². The van der Waals surface area contributed by atoms with Crippen LogP contribution in [-0.2, 0) is 6.42 Å². The first-order chi connectivity index (χ1) is 11.2. The lowest BCUT2D eigenvalue weighted by molar-refractivity contribution is 0.102. The summed E-state index contributed by atoms with van der Waals surface area (Å²) >= 11 is 0. The average molecular weight is 309 g/mol. The Balaban J connectivity index is 1.71. The van der Waals surface area contributed by atoms with Crippen molar-refractivity contribution in [1.82, 2.24) is 5.32 Å². The van der Waals surface area contributed by atoms with Crippen molar-refractivity contribution in [1.29, 1.82) is 0 Å². The van der Waals surface area contributed by atoms with Crippen LogP contribution in [0.25, 0.3) is 0 Å². The van der Waals surface area contributed by atoms with E-state index in [0.29, 0.717) is 18.7 Å². The highest BCUT2D eigenvalue weighted by Gasteiger charge is 2.21. The highest BCUT2D eigenvalue weighted by Crippen LogP contribution is 2.18. The number of carbonyl (C=O) groups is 2. The summed E-state index contributed by atoms with van der Waals surface area (Å²) in [6, 6.07) is 14.8. The monoisotopic (exact) mass is 309 g/mol. The van der Waals surface area contributed by atoms with Crippen molar-refractivity contribution in [3.63, 3.8) is 0 Å². The Morgan fingerprint density at radius 1 is 1.22 bits per heavy atom. The molecule has 0 spiro atoms. The lowest BCUT2D eigenvalue weighted by Gasteiger charge is -2.14. The standard InChI is InChI=1S/C18H19N3O2/c1-2-13-4-3-5-15(12-13)20-17(22)14-6-8-16(9-7-14)21-11-10-19-18(21)23/h3-9,12H,2,10-11H2,1H3,(H,19,23)(H,20,22). The number of anilines is 2. The van der Waals surface area contributed by atoms with Gasteiger partial charge in [-0.3, -0.25) is 9.69 Å². The van der Waals surface area contributed by atoms with E-state index in [1.807, 2.05) is 24.3 Å². The van der Waals surface area contributed by atoms with Crippen molar-refractivity contribution in [3.8, 4) is 0 Å². The number of rotatable bonds is 4. The van der Waals surface area contributed by atoms with E-state index < -0.39 is 0 Å². The van der Waals surface area contributed by atoms with Gasteiger partial charge in [-0.1, -0.05) is 19.1 Å². The maximum atomic E-state index is 12.3. The first kappa shape index (κ1) is 15.1. The molecule has 2 aromatic carbocycles. The van der Waals surface area contributed by atoms with E-state index in [-0.39, 0.29) is 11.9 Å². The van der Waals surface area contributed by atoms with E-state index in [1.165, 1.54) is 5.56 Å². The van der Waals surface area contributed by atoms with Crippen molar-refractivity contribution in [2.24, 2.45) is 0 Å². The summed E-state index contributed by atoms with van der Waals surface area (Å²) < 4.78 is 0. The minimum Gasteiger partial charge on any atom is -0.336 e. The summed E-state index contributed by atoms with van der Waals surface area (Å²) in [5.41, 5.74) is 3.33. The Hall–Kier alpha value is -2.82. The van der Waals surface area contributed by atoms with Crippen LogP contribution in [0.4, 0.5) is 16.2 Å². The van der Waals surface area contributed by atoms with Crippen LogP contribution in [0.2, 0.25) is 0 Å². The Morgan fingerprint density at radius 2 is 2.00 bits per heavy atom. The molecule has 0 saturated carbocycles. The van der Waals surface area contributed by atoms with Gasteiger partial charge in [0.05, 0.1) is 0 Å². The van der Waals surface area contributed by atoms with Gasteiger partial charge < -0.3 is 10.6 Å². The topological polar surface area (TPSA) is 61.4 Å². The van der Waals surface area contributed by atoms with Crippen LogP contribution < -0.4 is 15.5 Å². The molecule has 0 radical (unpaired) electrons. The van der Waals surface area contributed by atoms with Crippen molar-refractivity contribution < 1.29 is 9.59 Å². The van der Waals surface area contributed by atoms with Gasteiger partial charge in [0.1, 0.15) is 0 Å². The first-order valence-electron chi connectivity index (χ1n) is 7.73. The minimum atomic E-state index is -0.157. The summed E-state index contributed by atoms with van der Waals surface area (Å²) in [6.45, 7) is 3.37. The first-order valence-corrected chi connectivity index (χ1v) is 7.73. The molecule has 3 rings (SSSR count). The Kier molecular flexibility index (Phi) is 4.28. The Morgan fingerprint density at radius 3 is 2.65 bits per heavy atom. The second kappa shape index (κ2) is 6.52. The highest BCUT2D eigenvalue weighted by atomic mass is 16.2. The van der Waals surface area contributed by atoms with Gasteiger partial charge in [0.2, 0.25) is 0 Å². The molecule has 23 heavy (non-hydrogen) atoms. The zero-order valence-electron chi connectivity index (χ0n) is 13.0. The lowest BCUT2D eigenvalue weighted by Crippen LogP contribution is -2.27. The van der Waals surface area contributed by atoms with Crippen LogP contribution in [0.15, 0.2) is 48.5 Å². The number of urea groups is 1. The molecule has 0 aliphatic carbocycles. The van der Waals surface area contributed by atoms with Crippen molar-refractivity contribution in [2.45, 2.75) is 13.3 Å². The van der Waals surface area contributed by atoms with Crippen LogP contribution in [-0.4, -0.2) is 25.0 Å². The predicted octanol–water partition coefficient (Wildman–Crippen LogP) is 3.03. The van der Waals surface area contributed by atoms with Gasteiger partial charge in [-0.15, -0.1) is 0 Å². The van der Waals surface area contributed by atoms with E-state index in [4.69, 9.17) is 0 Å². The molecular weight excluding hydrogens is 290 g/mol. The third kappa shape index (κ3) is 3.34. The van der Waals surface area contributed by atoms with E-state index in [1.54, 1.807) is 29.2 Å². The molecule has 0 aromatic heterocycles. The maximum absolute atomic E-state index is 12.3. The lowest BCUT2D eigenvalue weighted by atomic mass is 10.1. The third-order valence-electron chi connectivity index (χ3n) is 3.89. The Bertz CT molecular complexity index is 725. The maximum Gasteiger partial charge on any atom is 0.321 e. The van der Waals surface area contributed by atoms with Gasteiger partial charge in [-0.05, 0) is 48.4 Å². The molecule has 5 nitrogen and oxygen atoms in total. The normalized spacial score (nSPS) is 13.8. The number of benzene rings is 2. The summed E-state index contributed by atoms with van der Waals surface area (Å²) in [7, 11) is 0. The van der Waals surface area contributed by atoms with Gasteiger partial charge in [-0.25, -0.2) is 4.79 Å². The SMILES string of the molecule is CCc1cccc(NC(=O)c2ccc(N3CCNC3=O)cc2)c1. The zero-order chi connectivity index (χ0) is 16.2. The smallest absolute Gasteiger partial charge is 0.321 e. The van der Waals surface area contributed by atoms with E-state index >= 15 is 0 Å². The van der Waals surface area contributed by atoms with Gasteiger partial charge >= 0.3 is 6.03 Å². The van der Waals surface area contributed by atoms with Crippen LogP contribution >= 0.6 is 0 Å². The molecule has 0 unspecified atom stereocenters. The van der Waals surface area contributed by atoms with E-state index in [0.717, 1.165) is 17.8 Å². The van der Waals surface area contributed by atoms with Gasteiger partial charge in [0.15, 0.2) is 0 Å². The average Bonchev–Trinajstić information content (AvgIpc) is 3.01. The van der Waals surface area contributed by atoms with E-state index in [2.05, 4.69) is 17.6 Å². The predicted molar refractivity (Wildman–Crippen MR) is 91.0 cm³/mol. The fourth-order valence-electron chi connectivity index (χ4n) is 2.58. The number of hydrogen-bond acceptors (Lipinski definition) is 2. The van der Waals surface area contributed by atoms with Gasteiger partial charge in [0, 0.05) is 30.0 Å². The molecule has 3 amide bonds. The number of nitrogens with one attached hydrogen (secondary N) is 2. The number of amides is 3. The quantitative estimate of drug-likeness (QED) is 0.912. The molecule has 0 atom stereocenters. The molecule has 1 saturated heterocycles. The molecule has 1 heterocycles. The summed E-state index contributed by atoms with van der Waals surface area (Å²) in [5, 5.41) is 5.66. The number of nitrogens with zero attached hydrogens (tertiary/aromatic N) is 1. The molecule has 5 heteroatoms.